The molecule has 1 saturated heterocycles. The van der Waals surface area contributed by atoms with Gasteiger partial charge >= 0.3 is 0 Å². The highest BCUT2D eigenvalue weighted by Crippen LogP contribution is 2.23. The van der Waals surface area contributed by atoms with Crippen molar-refractivity contribution in [3.63, 3.8) is 0 Å². The van der Waals surface area contributed by atoms with Crippen LogP contribution in [0.2, 0.25) is 0 Å². The van der Waals surface area contributed by atoms with Crippen LogP contribution in [-0.4, -0.2) is 68.6 Å². The quantitative estimate of drug-likeness (QED) is 0.827. The zero-order chi connectivity index (χ0) is 19.9. The number of carbonyl (C=O) groups excluding carboxylic acids is 2. The molecule has 7 heteroatoms. The Morgan fingerprint density at radius 2 is 1.54 bits per heavy atom. The van der Waals surface area contributed by atoms with Crippen molar-refractivity contribution in [1.29, 1.82) is 0 Å². The van der Waals surface area contributed by atoms with Crippen molar-refractivity contribution in [2.45, 2.75) is 0 Å². The van der Waals surface area contributed by atoms with Gasteiger partial charge in [0.15, 0.2) is 0 Å². The van der Waals surface area contributed by atoms with E-state index < -0.39 is 0 Å². The molecule has 1 N–H and O–H groups in total. The number of anilines is 1. The molecule has 1 heterocycles. The monoisotopic (exact) mass is 383 g/mol. The summed E-state index contributed by atoms with van der Waals surface area (Å²) in [5.74, 6) is 1.05. The van der Waals surface area contributed by atoms with E-state index in [0.717, 1.165) is 5.69 Å². The number of nitrogens with one attached hydrogen (secondary N) is 1. The summed E-state index contributed by atoms with van der Waals surface area (Å²) in [6, 6.07) is 14.5. The molecule has 1 fully saturated rings. The molecular formula is C21H25N3O4. The number of ether oxygens (including phenoxy) is 2. The number of amides is 2. The molecule has 0 spiro atoms. The van der Waals surface area contributed by atoms with Gasteiger partial charge in [0, 0.05) is 43.5 Å². The van der Waals surface area contributed by atoms with Crippen LogP contribution in [0.3, 0.4) is 0 Å². The number of rotatable bonds is 6. The van der Waals surface area contributed by atoms with E-state index in [2.05, 4.69) is 5.32 Å². The highest BCUT2D eigenvalue weighted by molar-refractivity contribution is 5.95. The van der Waals surface area contributed by atoms with Crippen LogP contribution >= 0.6 is 0 Å². The summed E-state index contributed by atoms with van der Waals surface area (Å²) in [5.41, 5.74) is 1.32. The molecule has 28 heavy (non-hydrogen) atoms. The van der Waals surface area contributed by atoms with Gasteiger partial charge in [-0.1, -0.05) is 18.2 Å². The van der Waals surface area contributed by atoms with Crippen molar-refractivity contribution in [1.82, 2.24) is 9.80 Å². The van der Waals surface area contributed by atoms with E-state index in [9.17, 15) is 9.59 Å². The number of methoxy groups -OCH3 is 2. The lowest BCUT2D eigenvalue weighted by Crippen LogP contribution is -2.50. The van der Waals surface area contributed by atoms with E-state index in [1.807, 2.05) is 35.2 Å². The zero-order valence-electron chi connectivity index (χ0n) is 16.2. The molecule has 3 rings (SSSR count). The first-order valence-electron chi connectivity index (χ1n) is 9.18. The smallest absolute Gasteiger partial charge is 0.254 e. The first-order chi connectivity index (χ1) is 13.6. The minimum Gasteiger partial charge on any atom is -0.497 e. The van der Waals surface area contributed by atoms with Crippen LogP contribution in [0.5, 0.6) is 11.5 Å². The lowest BCUT2D eigenvalue weighted by Gasteiger charge is -2.34. The Labute approximate surface area is 164 Å². The van der Waals surface area contributed by atoms with Gasteiger partial charge in [0.05, 0.1) is 20.8 Å². The average Bonchev–Trinajstić information content (AvgIpc) is 2.74. The molecule has 0 radical (unpaired) electrons. The topological polar surface area (TPSA) is 71.1 Å². The van der Waals surface area contributed by atoms with E-state index in [0.29, 0.717) is 49.8 Å². The van der Waals surface area contributed by atoms with E-state index in [1.165, 1.54) is 0 Å². The summed E-state index contributed by atoms with van der Waals surface area (Å²) in [7, 11) is 3.12. The van der Waals surface area contributed by atoms with Gasteiger partial charge in [-0.25, -0.2) is 0 Å². The second-order valence-electron chi connectivity index (χ2n) is 6.58. The first-order valence-corrected chi connectivity index (χ1v) is 9.18. The predicted molar refractivity (Wildman–Crippen MR) is 107 cm³/mol. The van der Waals surface area contributed by atoms with Gasteiger partial charge in [-0.2, -0.15) is 0 Å². The maximum absolute atomic E-state index is 12.8. The fourth-order valence-corrected chi connectivity index (χ4v) is 3.15. The van der Waals surface area contributed by atoms with Crippen LogP contribution in [0.15, 0.2) is 48.5 Å². The number of carbonyl (C=O) groups is 2. The summed E-state index contributed by atoms with van der Waals surface area (Å²) in [6.07, 6.45) is 0. The van der Waals surface area contributed by atoms with E-state index in [-0.39, 0.29) is 11.8 Å². The number of piperazine rings is 1. The minimum atomic E-state index is -0.0643. The lowest BCUT2D eigenvalue weighted by molar-refractivity contribution is -0.117. The van der Waals surface area contributed by atoms with Crippen molar-refractivity contribution in [3.05, 3.63) is 54.1 Å². The Hall–Kier alpha value is -3.06. The molecule has 1 aliphatic heterocycles. The third-order valence-corrected chi connectivity index (χ3v) is 4.68. The molecule has 1 aliphatic rings. The Morgan fingerprint density at radius 3 is 2.11 bits per heavy atom. The van der Waals surface area contributed by atoms with Crippen LogP contribution in [0.1, 0.15) is 10.4 Å². The summed E-state index contributed by atoms with van der Waals surface area (Å²) in [6.45, 7) is 2.74. The van der Waals surface area contributed by atoms with Gasteiger partial charge < -0.3 is 19.7 Å². The molecule has 0 unspecified atom stereocenters. The second kappa shape index (κ2) is 9.23. The summed E-state index contributed by atoms with van der Waals surface area (Å²) in [4.78, 5) is 28.9. The fourth-order valence-electron chi connectivity index (χ4n) is 3.15. The molecule has 0 aromatic heterocycles. The highest BCUT2D eigenvalue weighted by atomic mass is 16.5. The van der Waals surface area contributed by atoms with Gasteiger partial charge in [0.2, 0.25) is 5.91 Å². The predicted octanol–water partition coefficient (Wildman–Crippen LogP) is 2.10. The van der Waals surface area contributed by atoms with Crippen LogP contribution in [0, 0.1) is 0 Å². The molecule has 2 amide bonds. The van der Waals surface area contributed by atoms with Crippen molar-refractivity contribution in [2.75, 3.05) is 52.3 Å². The Bertz CT molecular complexity index is 795. The van der Waals surface area contributed by atoms with Crippen molar-refractivity contribution >= 4 is 17.5 Å². The molecule has 0 bridgehead atoms. The van der Waals surface area contributed by atoms with Crippen LogP contribution < -0.4 is 14.8 Å². The number of hydrogen-bond acceptors (Lipinski definition) is 5. The third kappa shape index (κ3) is 5.01. The Balaban J connectivity index is 1.53. The Morgan fingerprint density at radius 1 is 0.929 bits per heavy atom. The lowest BCUT2D eigenvalue weighted by atomic mass is 10.1. The normalized spacial score (nSPS) is 14.4. The standard InChI is InChI=1S/C21H25N3O4/c1-27-18-12-16(13-19(14-18)28-2)21(26)24-10-8-23(9-11-24)15-20(25)22-17-6-4-3-5-7-17/h3-7,12-14H,8-11,15H2,1-2H3,(H,22,25). The first kappa shape index (κ1) is 19.7. The van der Waals surface area contributed by atoms with Crippen LogP contribution in [-0.2, 0) is 4.79 Å². The molecule has 2 aromatic carbocycles. The van der Waals surface area contributed by atoms with Crippen molar-refractivity contribution in [2.24, 2.45) is 0 Å². The van der Waals surface area contributed by atoms with Gasteiger partial charge in [0.1, 0.15) is 11.5 Å². The van der Waals surface area contributed by atoms with Crippen LogP contribution in [0.25, 0.3) is 0 Å². The molecule has 0 atom stereocenters. The fraction of sp³-hybridized carbons (Fsp3) is 0.333. The van der Waals surface area contributed by atoms with E-state index in [1.54, 1.807) is 37.3 Å². The van der Waals surface area contributed by atoms with Crippen LogP contribution in [0.4, 0.5) is 5.69 Å². The molecule has 0 saturated carbocycles. The van der Waals surface area contributed by atoms with Crippen molar-refractivity contribution in [3.8, 4) is 11.5 Å². The van der Waals surface area contributed by atoms with E-state index >= 15 is 0 Å². The molecule has 0 aliphatic carbocycles. The van der Waals surface area contributed by atoms with Gasteiger partial charge in [-0.05, 0) is 24.3 Å². The highest BCUT2D eigenvalue weighted by Gasteiger charge is 2.24. The summed E-state index contributed by atoms with van der Waals surface area (Å²) < 4.78 is 10.5. The number of benzene rings is 2. The van der Waals surface area contributed by atoms with Gasteiger partial charge in [0.25, 0.3) is 5.91 Å². The minimum absolute atomic E-state index is 0.0523. The maximum Gasteiger partial charge on any atom is 0.254 e. The second-order valence-corrected chi connectivity index (χ2v) is 6.58. The Kier molecular flexibility index (Phi) is 6.49. The van der Waals surface area contributed by atoms with E-state index in [4.69, 9.17) is 9.47 Å². The summed E-state index contributed by atoms with van der Waals surface area (Å²) in [5, 5.41) is 2.89. The third-order valence-electron chi connectivity index (χ3n) is 4.68. The zero-order valence-corrected chi connectivity index (χ0v) is 16.2. The SMILES string of the molecule is COc1cc(OC)cc(C(=O)N2CCN(CC(=O)Nc3ccccc3)CC2)c1. The number of hydrogen-bond donors (Lipinski definition) is 1. The number of para-hydroxylation sites is 1. The maximum atomic E-state index is 12.8. The summed E-state index contributed by atoms with van der Waals surface area (Å²) >= 11 is 0. The molecule has 7 nitrogen and oxygen atoms in total. The molecular weight excluding hydrogens is 358 g/mol. The van der Waals surface area contributed by atoms with Crippen molar-refractivity contribution < 1.29 is 19.1 Å². The molecule has 2 aromatic rings. The molecule has 148 valence electrons. The number of nitrogens with zero attached hydrogens (tertiary/aromatic N) is 2. The average molecular weight is 383 g/mol. The van der Waals surface area contributed by atoms with Gasteiger partial charge in [-0.3, -0.25) is 14.5 Å². The van der Waals surface area contributed by atoms with Gasteiger partial charge in [-0.15, -0.1) is 0 Å². The largest absolute Gasteiger partial charge is 0.497 e.